The third-order valence-corrected chi connectivity index (χ3v) is 6.84. The third kappa shape index (κ3) is 4.67. The molecule has 6 rings (SSSR count). The van der Waals surface area contributed by atoms with Crippen molar-refractivity contribution in [2.75, 3.05) is 11.9 Å². The molecule has 3 unspecified atom stereocenters. The highest BCUT2D eigenvalue weighted by molar-refractivity contribution is 6.33. The van der Waals surface area contributed by atoms with Crippen LogP contribution >= 0.6 is 11.6 Å². The van der Waals surface area contributed by atoms with E-state index in [1.54, 1.807) is 23.4 Å². The summed E-state index contributed by atoms with van der Waals surface area (Å²) in [6, 6.07) is 5.88. The Labute approximate surface area is 203 Å². The van der Waals surface area contributed by atoms with Crippen LogP contribution in [0.4, 0.5) is 23.4 Å². The van der Waals surface area contributed by atoms with Gasteiger partial charge in [-0.1, -0.05) is 11.6 Å². The van der Waals surface area contributed by atoms with E-state index in [1.807, 2.05) is 0 Å². The van der Waals surface area contributed by atoms with Gasteiger partial charge < -0.3 is 10.2 Å². The zero-order valence-electron chi connectivity index (χ0n) is 18.3. The molecule has 1 saturated carbocycles. The van der Waals surface area contributed by atoms with Crippen molar-refractivity contribution in [3.05, 3.63) is 70.9 Å². The number of halogens is 5. The lowest BCUT2D eigenvalue weighted by molar-refractivity contribution is -0.137. The molecule has 3 aliphatic rings. The number of hydrogen-bond acceptors (Lipinski definition) is 5. The standard InChI is InChI=1S/C24H20ClF4N5O/c25-18-9-14(24(27,28)29)11-32-22(18)33-19-8-13-2-5-20(19)34(12-13)23(35)17-10-15(26)3-4-16(17)21-30-6-1-7-31-21/h1,3-4,6-7,9-11,13,19-20H,2,5,8,12H2,(H,32,33). The minimum atomic E-state index is -4.55. The summed E-state index contributed by atoms with van der Waals surface area (Å²) in [6.07, 6.45) is 1.60. The molecule has 3 fully saturated rings. The SMILES string of the molecule is O=C(c1cc(F)ccc1-c1ncccn1)N1CC2CCC1C(Nc1ncc(C(F)(F)F)cc1Cl)C2. The second-order valence-electron chi connectivity index (χ2n) is 8.77. The molecular formula is C24H20ClF4N5O. The fourth-order valence-corrected chi connectivity index (χ4v) is 5.16. The molecule has 1 aromatic carbocycles. The molecular weight excluding hydrogens is 486 g/mol. The summed E-state index contributed by atoms with van der Waals surface area (Å²) < 4.78 is 53.1. The van der Waals surface area contributed by atoms with Crippen LogP contribution in [0, 0.1) is 11.7 Å². The third-order valence-electron chi connectivity index (χ3n) is 6.55. The average molecular weight is 506 g/mol. The topological polar surface area (TPSA) is 71.0 Å². The molecule has 11 heteroatoms. The van der Waals surface area contributed by atoms with Crippen LogP contribution in [0.15, 0.2) is 48.9 Å². The summed E-state index contributed by atoms with van der Waals surface area (Å²) in [5.74, 6) is -0.271. The molecule has 3 aromatic rings. The number of piperidine rings is 2. The molecule has 2 aliphatic heterocycles. The maximum absolute atomic E-state index is 14.2. The van der Waals surface area contributed by atoms with Crippen LogP contribution in [-0.2, 0) is 6.18 Å². The van der Waals surface area contributed by atoms with Crippen LogP contribution in [-0.4, -0.2) is 44.4 Å². The van der Waals surface area contributed by atoms with Crippen LogP contribution in [0.3, 0.4) is 0 Å². The first-order valence-corrected chi connectivity index (χ1v) is 11.5. The molecule has 1 amide bonds. The Morgan fingerprint density at radius 3 is 2.57 bits per heavy atom. The van der Waals surface area contributed by atoms with E-state index in [9.17, 15) is 22.4 Å². The Kier molecular flexibility index (Phi) is 6.08. The van der Waals surface area contributed by atoms with Crippen molar-refractivity contribution in [1.29, 1.82) is 0 Å². The van der Waals surface area contributed by atoms with Gasteiger partial charge in [-0.05, 0) is 55.5 Å². The number of rotatable bonds is 4. The highest BCUT2D eigenvalue weighted by atomic mass is 35.5. The predicted octanol–water partition coefficient (Wildman–Crippen LogP) is 5.46. The predicted molar refractivity (Wildman–Crippen MR) is 121 cm³/mol. The monoisotopic (exact) mass is 505 g/mol. The number of amides is 1. The summed E-state index contributed by atoms with van der Waals surface area (Å²) in [7, 11) is 0. The van der Waals surface area contributed by atoms with Gasteiger partial charge >= 0.3 is 6.18 Å². The molecule has 2 bridgehead atoms. The second kappa shape index (κ2) is 9.07. The van der Waals surface area contributed by atoms with E-state index in [4.69, 9.17) is 11.6 Å². The normalized spacial score (nSPS) is 21.7. The number of benzene rings is 1. The summed E-state index contributed by atoms with van der Waals surface area (Å²) in [6.45, 7) is 0.501. The van der Waals surface area contributed by atoms with E-state index in [-0.39, 0.29) is 40.3 Å². The van der Waals surface area contributed by atoms with E-state index in [2.05, 4.69) is 20.3 Å². The molecule has 182 valence electrons. The summed E-state index contributed by atoms with van der Waals surface area (Å²) in [5, 5.41) is 3.00. The zero-order chi connectivity index (χ0) is 24.7. The van der Waals surface area contributed by atoms with Crippen LogP contribution in [0.25, 0.3) is 11.4 Å². The first kappa shape index (κ1) is 23.5. The van der Waals surface area contributed by atoms with Gasteiger partial charge in [0.25, 0.3) is 5.91 Å². The lowest BCUT2D eigenvalue weighted by atomic mass is 9.76. The van der Waals surface area contributed by atoms with E-state index in [0.717, 1.165) is 18.7 Å². The van der Waals surface area contributed by atoms with Crippen molar-refractivity contribution < 1.29 is 22.4 Å². The van der Waals surface area contributed by atoms with Gasteiger partial charge in [0.1, 0.15) is 11.6 Å². The van der Waals surface area contributed by atoms with Gasteiger partial charge in [-0.3, -0.25) is 4.79 Å². The molecule has 3 atom stereocenters. The molecule has 35 heavy (non-hydrogen) atoms. The Morgan fingerprint density at radius 2 is 1.89 bits per heavy atom. The second-order valence-corrected chi connectivity index (χ2v) is 9.18. The molecule has 1 aliphatic carbocycles. The van der Waals surface area contributed by atoms with Gasteiger partial charge in [-0.15, -0.1) is 0 Å². The number of nitrogens with one attached hydrogen (secondary N) is 1. The lowest BCUT2D eigenvalue weighted by Gasteiger charge is -2.50. The number of carbonyl (C=O) groups excluding carboxylic acids is 1. The van der Waals surface area contributed by atoms with Crippen LogP contribution in [0.5, 0.6) is 0 Å². The van der Waals surface area contributed by atoms with Crippen LogP contribution in [0.2, 0.25) is 5.02 Å². The van der Waals surface area contributed by atoms with E-state index in [1.165, 1.54) is 18.2 Å². The minimum Gasteiger partial charge on any atom is -0.364 e. The molecule has 0 spiro atoms. The minimum absolute atomic E-state index is 0.133. The Bertz CT molecular complexity index is 1260. The van der Waals surface area contributed by atoms with Crippen LogP contribution in [0.1, 0.15) is 35.2 Å². The van der Waals surface area contributed by atoms with Gasteiger partial charge in [0.2, 0.25) is 0 Å². The van der Waals surface area contributed by atoms with Gasteiger partial charge in [0, 0.05) is 36.7 Å². The van der Waals surface area contributed by atoms with Crippen molar-refractivity contribution in [3.63, 3.8) is 0 Å². The maximum atomic E-state index is 14.2. The first-order chi connectivity index (χ1) is 16.7. The number of fused-ring (bicyclic) bond motifs is 3. The molecule has 4 heterocycles. The van der Waals surface area contributed by atoms with Gasteiger partial charge in [-0.2, -0.15) is 13.2 Å². The number of alkyl halides is 3. The number of anilines is 1. The van der Waals surface area contributed by atoms with Crippen molar-refractivity contribution in [2.24, 2.45) is 5.92 Å². The summed E-state index contributed by atoms with van der Waals surface area (Å²) >= 11 is 6.10. The van der Waals surface area contributed by atoms with E-state index in [0.29, 0.717) is 30.8 Å². The van der Waals surface area contributed by atoms with Gasteiger partial charge in [0.15, 0.2) is 5.82 Å². The first-order valence-electron chi connectivity index (χ1n) is 11.1. The summed E-state index contributed by atoms with van der Waals surface area (Å²) in [4.78, 5) is 27.7. The van der Waals surface area contributed by atoms with Crippen molar-refractivity contribution in [3.8, 4) is 11.4 Å². The molecule has 6 nitrogen and oxygen atoms in total. The fraction of sp³-hybridized carbons (Fsp3) is 0.333. The Balaban J connectivity index is 1.42. The van der Waals surface area contributed by atoms with Crippen LogP contribution < -0.4 is 5.32 Å². The van der Waals surface area contributed by atoms with Gasteiger partial charge in [0.05, 0.1) is 22.2 Å². The number of pyridine rings is 1. The van der Waals surface area contributed by atoms with E-state index < -0.39 is 17.6 Å². The molecule has 1 N–H and O–H groups in total. The molecule has 2 aromatic heterocycles. The molecule has 0 radical (unpaired) electrons. The van der Waals surface area contributed by atoms with Gasteiger partial charge in [-0.25, -0.2) is 19.3 Å². The Hall–Kier alpha value is -3.27. The number of aromatic nitrogens is 3. The highest BCUT2D eigenvalue weighted by Crippen LogP contribution is 2.39. The fourth-order valence-electron chi connectivity index (χ4n) is 4.94. The number of nitrogens with zero attached hydrogens (tertiary/aromatic N) is 4. The largest absolute Gasteiger partial charge is 0.417 e. The average Bonchev–Trinajstić information content (AvgIpc) is 2.85. The quantitative estimate of drug-likeness (QED) is 0.477. The van der Waals surface area contributed by atoms with E-state index >= 15 is 0 Å². The number of hydrogen-bond donors (Lipinski definition) is 1. The highest BCUT2D eigenvalue weighted by Gasteiger charge is 2.44. The van der Waals surface area contributed by atoms with Crippen molar-refractivity contribution >= 4 is 23.3 Å². The lowest BCUT2D eigenvalue weighted by Crippen LogP contribution is -2.59. The molecule has 2 saturated heterocycles. The zero-order valence-corrected chi connectivity index (χ0v) is 19.0. The summed E-state index contributed by atoms with van der Waals surface area (Å²) in [5.41, 5.74) is -0.347. The number of carbonyl (C=O) groups is 1. The smallest absolute Gasteiger partial charge is 0.364 e. The van der Waals surface area contributed by atoms with Crippen molar-refractivity contribution in [1.82, 2.24) is 19.9 Å². The maximum Gasteiger partial charge on any atom is 0.417 e. The Morgan fingerprint density at radius 1 is 1.11 bits per heavy atom. The van der Waals surface area contributed by atoms with Crippen molar-refractivity contribution in [2.45, 2.75) is 37.5 Å².